The summed E-state index contributed by atoms with van der Waals surface area (Å²) < 4.78 is 0. The fourth-order valence-corrected chi connectivity index (χ4v) is 4.08. The summed E-state index contributed by atoms with van der Waals surface area (Å²) in [5, 5.41) is 9.10. The SMILES string of the molecule is CC(C)C1CCN(CC2CCC2)CC1.CCN1CCC(O)CC1. The first kappa shape index (κ1) is 19.2. The third-order valence-corrected chi connectivity index (χ3v) is 6.32. The Kier molecular flexibility index (Phi) is 8.35. The molecule has 3 nitrogen and oxygen atoms in total. The van der Waals surface area contributed by atoms with Gasteiger partial charge >= 0.3 is 0 Å². The van der Waals surface area contributed by atoms with Crippen molar-refractivity contribution < 1.29 is 5.11 Å². The number of hydrogen-bond donors (Lipinski definition) is 1. The molecule has 0 amide bonds. The maximum Gasteiger partial charge on any atom is 0.0564 e. The van der Waals surface area contributed by atoms with Gasteiger partial charge in [0.1, 0.15) is 0 Å². The molecule has 0 aromatic rings. The average molecular weight is 325 g/mol. The zero-order valence-electron chi connectivity index (χ0n) is 15.8. The fourth-order valence-electron chi connectivity index (χ4n) is 4.08. The van der Waals surface area contributed by atoms with Crippen LogP contribution in [0.4, 0.5) is 0 Å². The van der Waals surface area contributed by atoms with Crippen LogP contribution in [0.15, 0.2) is 0 Å². The minimum atomic E-state index is -0.0206. The molecule has 0 radical (unpaired) electrons. The van der Waals surface area contributed by atoms with E-state index in [0.717, 1.165) is 50.2 Å². The Morgan fingerprint density at radius 2 is 1.43 bits per heavy atom. The topological polar surface area (TPSA) is 26.7 Å². The molecule has 136 valence electrons. The summed E-state index contributed by atoms with van der Waals surface area (Å²) in [7, 11) is 0. The van der Waals surface area contributed by atoms with E-state index in [1.165, 1.54) is 51.7 Å². The van der Waals surface area contributed by atoms with E-state index in [2.05, 4.69) is 30.6 Å². The normalized spacial score (nSPS) is 26.0. The van der Waals surface area contributed by atoms with Gasteiger partial charge in [0.25, 0.3) is 0 Å². The summed E-state index contributed by atoms with van der Waals surface area (Å²) in [6.07, 6.45) is 9.31. The van der Waals surface area contributed by atoms with Gasteiger partial charge in [0.15, 0.2) is 0 Å². The second-order valence-electron chi connectivity index (χ2n) is 8.34. The smallest absolute Gasteiger partial charge is 0.0564 e. The van der Waals surface area contributed by atoms with Gasteiger partial charge in [-0.05, 0) is 75.9 Å². The van der Waals surface area contributed by atoms with Gasteiger partial charge in [0.05, 0.1) is 6.10 Å². The van der Waals surface area contributed by atoms with Gasteiger partial charge in [-0.25, -0.2) is 0 Å². The van der Waals surface area contributed by atoms with Crippen molar-refractivity contribution in [3.05, 3.63) is 0 Å². The highest BCUT2D eigenvalue weighted by molar-refractivity contribution is 4.79. The Morgan fingerprint density at radius 1 is 0.870 bits per heavy atom. The molecule has 0 spiro atoms. The van der Waals surface area contributed by atoms with E-state index < -0.39 is 0 Å². The maximum absolute atomic E-state index is 9.10. The molecule has 3 rings (SSSR count). The fraction of sp³-hybridized carbons (Fsp3) is 1.00. The lowest BCUT2D eigenvalue weighted by molar-refractivity contribution is 0.0852. The molecule has 0 aromatic heterocycles. The molecule has 1 aliphatic carbocycles. The molecule has 0 aromatic carbocycles. The van der Waals surface area contributed by atoms with E-state index in [9.17, 15) is 0 Å². The molecule has 2 aliphatic heterocycles. The predicted molar refractivity (Wildman–Crippen MR) is 98.7 cm³/mol. The van der Waals surface area contributed by atoms with Crippen LogP contribution in [0.2, 0.25) is 0 Å². The highest BCUT2D eigenvalue weighted by Crippen LogP contribution is 2.30. The number of rotatable bonds is 4. The summed E-state index contributed by atoms with van der Waals surface area (Å²) in [6.45, 7) is 14.4. The zero-order valence-corrected chi connectivity index (χ0v) is 15.8. The van der Waals surface area contributed by atoms with Crippen molar-refractivity contribution in [2.75, 3.05) is 39.3 Å². The molecule has 2 heterocycles. The lowest BCUT2D eigenvalue weighted by Gasteiger charge is -2.38. The number of aliphatic hydroxyl groups is 1. The van der Waals surface area contributed by atoms with Gasteiger partial charge in [-0.3, -0.25) is 0 Å². The van der Waals surface area contributed by atoms with Crippen LogP contribution >= 0.6 is 0 Å². The Bertz CT molecular complexity index is 301. The van der Waals surface area contributed by atoms with Crippen LogP contribution in [-0.4, -0.2) is 60.3 Å². The lowest BCUT2D eigenvalue weighted by atomic mass is 9.83. The Balaban J connectivity index is 0.000000185. The third kappa shape index (κ3) is 6.72. The van der Waals surface area contributed by atoms with Crippen LogP contribution in [-0.2, 0) is 0 Å². The van der Waals surface area contributed by atoms with Crippen molar-refractivity contribution in [1.29, 1.82) is 0 Å². The van der Waals surface area contributed by atoms with Crippen LogP contribution in [0.25, 0.3) is 0 Å². The molecule has 3 aliphatic rings. The summed E-state index contributed by atoms with van der Waals surface area (Å²) in [4.78, 5) is 5.08. The number of aliphatic hydroxyl groups excluding tert-OH is 1. The first-order valence-corrected chi connectivity index (χ1v) is 10.2. The van der Waals surface area contributed by atoms with Gasteiger partial charge < -0.3 is 14.9 Å². The summed E-state index contributed by atoms with van der Waals surface area (Å²) >= 11 is 0. The summed E-state index contributed by atoms with van der Waals surface area (Å²) in [5.74, 6) is 2.97. The van der Waals surface area contributed by atoms with E-state index in [-0.39, 0.29) is 6.10 Å². The van der Waals surface area contributed by atoms with Gasteiger partial charge in [-0.15, -0.1) is 0 Å². The second-order valence-corrected chi connectivity index (χ2v) is 8.34. The predicted octanol–water partition coefficient (Wildman–Crippen LogP) is 3.62. The van der Waals surface area contributed by atoms with Crippen molar-refractivity contribution in [2.24, 2.45) is 17.8 Å². The van der Waals surface area contributed by atoms with Crippen LogP contribution < -0.4 is 0 Å². The molecular weight excluding hydrogens is 284 g/mol. The van der Waals surface area contributed by atoms with Crippen molar-refractivity contribution >= 4 is 0 Å². The third-order valence-electron chi connectivity index (χ3n) is 6.32. The zero-order chi connectivity index (χ0) is 16.7. The largest absolute Gasteiger partial charge is 0.393 e. The molecule has 1 saturated carbocycles. The molecule has 1 N–H and O–H groups in total. The Morgan fingerprint density at radius 3 is 1.87 bits per heavy atom. The molecular formula is C20H40N2O. The van der Waals surface area contributed by atoms with E-state index in [1.807, 2.05) is 0 Å². The van der Waals surface area contributed by atoms with E-state index >= 15 is 0 Å². The Hall–Kier alpha value is -0.120. The van der Waals surface area contributed by atoms with Crippen LogP contribution in [0.5, 0.6) is 0 Å². The lowest BCUT2D eigenvalue weighted by Crippen LogP contribution is -2.39. The molecule has 0 bridgehead atoms. The highest BCUT2D eigenvalue weighted by Gasteiger charge is 2.25. The van der Waals surface area contributed by atoms with Gasteiger partial charge in [0.2, 0.25) is 0 Å². The van der Waals surface area contributed by atoms with Crippen molar-refractivity contribution in [3.63, 3.8) is 0 Å². The summed E-state index contributed by atoms with van der Waals surface area (Å²) in [6, 6.07) is 0. The number of piperidine rings is 2. The van der Waals surface area contributed by atoms with Crippen molar-refractivity contribution in [1.82, 2.24) is 9.80 Å². The first-order valence-electron chi connectivity index (χ1n) is 10.2. The van der Waals surface area contributed by atoms with Crippen LogP contribution in [0, 0.1) is 17.8 Å². The number of nitrogens with zero attached hydrogens (tertiary/aromatic N) is 2. The van der Waals surface area contributed by atoms with Gasteiger partial charge in [-0.2, -0.15) is 0 Å². The summed E-state index contributed by atoms with van der Waals surface area (Å²) in [5.41, 5.74) is 0. The molecule has 3 heteroatoms. The molecule has 2 saturated heterocycles. The highest BCUT2D eigenvalue weighted by atomic mass is 16.3. The van der Waals surface area contributed by atoms with Gasteiger partial charge in [0, 0.05) is 19.6 Å². The molecule has 3 fully saturated rings. The minimum Gasteiger partial charge on any atom is -0.393 e. The second kappa shape index (κ2) is 10.0. The van der Waals surface area contributed by atoms with Crippen molar-refractivity contribution in [2.45, 2.75) is 71.8 Å². The number of hydrogen-bond acceptors (Lipinski definition) is 3. The van der Waals surface area contributed by atoms with E-state index in [4.69, 9.17) is 5.11 Å². The Labute approximate surface area is 144 Å². The monoisotopic (exact) mass is 324 g/mol. The quantitative estimate of drug-likeness (QED) is 0.855. The maximum atomic E-state index is 9.10. The van der Waals surface area contributed by atoms with Gasteiger partial charge in [-0.1, -0.05) is 27.2 Å². The standard InChI is InChI=1S/C13H25N.C7H15NO/c1-11(2)13-6-8-14(9-7-13)10-12-4-3-5-12;1-2-8-5-3-7(9)4-6-8/h11-13H,3-10H2,1-2H3;7,9H,2-6H2,1H3. The molecule has 0 atom stereocenters. The number of likely N-dealkylation sites (tertiary alicyclic amines) is 2. The first-order chi connectivity index (χ1) is 11.1. The van der Waals surface area contributed by atoms with E-state index in [1.54, 1.807) is 0 Å². The average Bonchev–Trinajstić information content (AvgIpc) is 2.53. The molecule has 23 heavy (non-hydrogen) atoms. The minimum absolute atomic E-state index is 0.0206. The van der Waals surface area contributed by atoms with Crippen LogP contribution in [0.1, 0.15) is 65.7 Å². The van der Waals surface area contributed by atoms with E-state index in [0.29, 0.717) is 0 Å². The van der Waals surface area contributed by atoms with Crippen molar-refractivity contribution in [3.8, 4) is 0 Å². The molecule has 0 unspecified atom stereocenters. The van der Waals surface area contributed by atoms with Crippen LogP contribution in [0.3, 0.4) is 0 Å².